The molecule has 0 spiro atoms. The molecule has 7 atom stereocenters. The van der Waals surface area contributed by atoms with E-state index in [0.717, 1.165) is 24.8 Å². The first-order valence-corrected chi connectivity index (χ1v) is 9.72. The molecule has 5 heteroatoms. The normalized spacial score (nSPS) is 48.5. The molecule has 26 heavy (non-hydrogen) atoms. The van der Waals surface area contributed by atoms with E-state index < -0.39 is 0 Å². The van der Waals surface area contributed by atoms with Crippen molar-refractivity contribution in [2.45, 2.75) is 58.7 Å². The van der Waals surface area contributed by atoms with Gasteiger partial charge < -0.3 is 10.1 Å². The van der Waals surface area contributed by atoms with E-state index in [-0.39, 0.29) is 34.7 Å². The van der Waals surface area contributed by atoms with Gasteiger partial charge >= 0.3 is 0 Å². The average molecular weight is 355 g/mol. The van der Waals surface area contributed by atoms with Crippen molar-refractivity contribution in [1.29, 1.82) is 0 Å². The third kappa shape index (κ3) is 1.87. The molecule has 3 saturated carbocycles. The molecule has 5 rings (SSSR count). The zero-order valence-corrected chi connectivity index (χ0v) is 15.5. The monoisotopic (exact) mass is 355 g/mol. The first-order chi connectivity index (χ1) is 12.3. The van der Waals surface area contributed by atoms with Gasteiger partial charge in [0, 0.05) is 24.2 Å². The summed E-state index contributed by atoms with van der Waals surface area (Å²) in [5.74, 6) is 1.12. The van der Waals surface area contributed by atoms with Crippen molar-refractivity contribution < 1.29 is 19.1 Å². The van der Waals surface area contributed by atoms with Gasteiger partial charge in [-0.15, -0.1) is 0 Å². The number of nitrogens with one attached hydrogen (secondary N) is 1. The van der Waals surface area contributed by atoms with Gasteiger partial charge in [-0.05, 0) is 48.7 Å². The lowest BCUT2D eigenvalue weighted by Crippen LogP contribution is -2.53. The molecule has 4 fully saturated rings. The van der Waals surface area contributed by atoms with Gasteiger partial charge in [-0.1, -0.05) is 19.9 Å². The summed E-state index contributed by atoms with van der Waals surface area (Å²) in [4.78, 5) is 36.7. The quantitative estimate of drug-likeness (QED) is 0.733. The Balaban J connectivity index is 1.61. The molecule has 0 radical (unpaired) electrons. The maximum Gasteiger partial charge on any atom is 0.221 e. The Morgan fingerprint density at radius 2 is 2.00 bits per heavy atom. The first kappa shape index (κ1) is 16.4. The van der Waals surface area contributed by atoms with Gasteiger partial charge in [0.2, 0.25) is 11.7 Å². The number of fused-ring (bicyclic) bond motifs is 8. The van der Waals surface area contributed by atoms with E-state index in [0.29, 0.717) is 35.7 Å². The minimum atomic E-state index is -0.291. The fraction of sp³-hybridized carbons (Fsp3) is 0.667. The van der Waals surface area contributed by atoms with Crippen molar-refractivity contribution in [2.75, 3.05) is 0 Å². The summed E-state index contributed by atoms with van der Waals surface area (Å²) < 4.78 is 6.12. The molecular weight excluding hydrogens is 330 g/mol. The van der Waals surface area contributed by atoms with Crippen molar-refractivity contribution >= 4 is 17.5 Å². The highest BCUT2D eigenvalue weighted by atomic mass is 16.6. The zero-order chi connectivity index (χ0) is 18.4. The Morgan fingerprint density at radius 1 is 1.23 bits per heavy atom. The zero-order valence-electron chi connectivity index (χ0n) is 15.5. The van der Waals surface area contributed by atoms with Crippen LogP contribution >= 0.6 is 0 Å². The molecule has 2 unspecified atom stereocenters. The minimum absolute atomic E-state index is 0.0849. The molecule has 0 bridgehead atoms. The molecule has 5 nitrogen and oxygen atoms in total. The molecule has 1 N–H and O–H groups in total. The summed E-state index contributed by atoms with van der Waals surface area (Å²) in [6.07, 6.45) is 7.15. The third-order valence-corrected chi connectivity index (χ3v) is 7.98. The van der Waals surface area contributed by atoms with Gasteiger partial charge in [0.1, 0.15) is 11.9 Å². The highest BCUT2D eigenvalue weighted by Crippen LogP contribution is 2.68. The second-order valence-electron chi connectivity index (χ2n) is 9.18. The van der Waals surface area contributed by atoms with E-state index in [1.807, 2.05) is 6.08 Å². The predicted octanol–water partition coefficient (Wildman–Crippen LogP) is 2.31. The van der Waals surface area contributed by atoms with Crippen LogP contribution < -0.4 is 5.32 Å². The molecule has 1 aliphatic heterocycles. The van der Waals surface area contributed by atoms with E-state index in [4.69, 9.17) is 4.74 Å². The van der Waals surface area contributed by atoms with Crippen LogP contribution in [0.25, 0.3) is 0 Å². The highest BCUT2D eigenvalue weighted by Gasteiger charge is 2.69. The fourth-order valence-corrected chi connectivity index (χ4v) is 6.68. The summed E-state index contributed by atoms with van der Waals surface area (Å²) in [5.41, 5.74) is 0.883. The largest absolute Gasteiger partial charge is 0.364 e. The third-order valence-electron chi connectivity index (χ3n) is 7.98. The molecule has 1 heterocycles. The number of ether oxygens (including phenoxy) is 1. The lowest BCUT2D eigenvalue weighted by atomic mass is 9.48. The topological polar surface area (TPSA) is 75.8 Å². The number of rotatable bonds is 1. The van der Waals surface area contributed by atoms with Crippen molar-refractivity contribution in [2.24, 2.45) is 28.6 Å². The summed E-state index contributed by atoms with van der Waals surface area (Å²) in [5, 5.41) is 2.78. The standard InChI is InChI=1S/C21H25NO4/c1-10(23)22-17-13(24)7-9-21(3)12-6-8-20(2)11(4-5-14(20)25)15(12)18-19(26-18)16(17)21/h7,9,11-12,15,18-19H,4-6,8H2,1-3H3,(H,22,23)/t11-,12-,15-,18?,19?,20-,21+/m0/s1. The fourth-order valence-electron chi connectivity index (χ4n) is 6.68. The van der Waals surface area contributed by atoms with Crippen LogP contribution in [0.2, 0.25) is 0 Å². The van der Waals surface area contributed by atoms with Crippen molar-refractivity contribution in [3.63, 3.8) is 0 Å². The number of allylic oxidation sites excluding steroid dienone is 2. The molecule has 4 aliphatic carbocycles. The van der Waals surface area contributed by atoms with Crippen LogP contribution in [0.1, 0.15) is 46.5 Å². The second-order valence-corrected chi connectivity index (χ2v) is 9.18. The van der Waals surface area contributed by atoms with Gasteiger partial charge in [-0.25, -0.2) is 0 Å². The molecule has 0 aromatic heterocycles. The van der Waals surface area contributed by atoms with Crippen LogP contribution in [-0.2, 0) is 19.1 Å². The molecule has 138 valence electrons. The number of ketones is 2. The molecule has 0 aromatic rings. The Kier molecular flexibility index (Phi) is 3.12. The van der Waals surface area contributed by atoms with Crippen molar-refractivity contribution in [1.82, 2.24) is 5.32 Å². The van der Waals surface area contributed by atoms with Gasteiger partial charge in [-0.2, -0.15) is 0 Å². The lowest BCUT2D eigenvalue weighted by Gasteiger charge is -2.54. The summed E-state index contributed by atoms with van der Waals surface area (Å²) in [7, 11) is 0. The van der Waals surface area contributed by atoms with Gasteiger partial charge in [0.25, 0.3) is 0 Å². The molecule has 1 saturated heterocycles. The van der Waals surface area contributed by atoms with Crippen LogP contribution in [0.3, 0.4) is 0 Å². The number of epoxide rings is 1. The van der Waals surface area contributed by atoms with E-state index in [2.05, 4.69) is 19.2 Å². The van der Waals surface area contributed by atoms with E-state index in [9.17, 15) is 14.4 Å². The van der Waals surface area contributed by atoms with E-state index >= 15 is 0 Å². The Morgan fingerprint density at radius 3 is 2.73 bits per heavy atom. The highest BCUT2D eigenvalue weighted by molar-refractivity contribution is 6.08. The maximum absolute atomic E-state index is 12.5. The first-order valence-electron chi connectivity index (χ1n) is 9.72. The number of hydrogen-bond donors (Lipinski definition) is 1. The molecule has 1 amide bonds. The van der Waals surface area contributed by atoms with E-state index in [1.54, 1.807) is 6.08 Å². The van der Waals surface area contributed by atoms with Gasteiger partial charge in [0.05, 0.1) is 11.8 Å². The number of carbonyl (C=O) groups excluding carboxylic acids is 3. The molecule has 5 aliphatic rings. The van der Waals surface area contributed by atoms with Gasteiger partial charge in [-0.3, -0.25) is 14.4 Å². The number of carbonyl (C=O) groups is 3. The van der Waals surface area contributed by atoms with Crippen LogP contribution in [0.4, 0.5) is 0 Å². The van der Waals surface area contributed by atoms with Crippen LogP contribution in [0.15, 0.2) is 23.4 Å². The number of amides is 1. The Hall–Kier alpha value is -1.75. The molecular formula is C21H25NO4. The lowest BCUT2D eigenvalue weighted by molar-refractivity contribution is -0.131. The molecule has 0 aromatic carbocycles. The van der Waals surface area contributed by atoms with Crippen LogP contribution in [-0.4, -0.2) is 29.7 Å². The minimum Gasteiger partial charge on any atom is -0.364 e. The SMILES string of the molecule is CC(=O)NC1=C2C3OC3[C@@H]3[C@H](CC[C@]4(C)C(=O)CC[C@@H]34)[C@@]2(C)C=CC1=O. The number of Topliss-reactive ketones (excluding diaryl/α,β-unsaturated/α-hetero) is 1. The van der Waals surface area contributed by atoms with Crippen molar-refractivity contribution in [3.05, 3.63) is 23.4 Å². The predicted molar refractivity (Wildman–Crippen MR) is 93.8 cm³/mol. The average Bonchev–Trinajstić information content (AvgIpc) is 3.30. The second kappa shape index (κ2) is 4.94. The summed E-state index contributed by atoms with van der Waals surface area (Å²) >= 11 is 0. The summed E-state index contributed by atoms with van der Waals surface area (Å²) in [6, 6.07) is 0. The Bertz CT molecular complexity index is 811. The smallest absolute Gasteiger partial charge is 0.221 e. The summed E-state index contributed by atoms with van der Waals surface area (Å²) in [6.45, 7) is 5.77. The van der Waals surface area contributed by atoms with Crippen molar-refractivity contribution in [3.8, 4) is 0 Å². The van der Waals surface area contributed by atoms with E-state index in [1.165, 1.54) is 6.92 Å². The Labute approximate surface area is 153 Å². The maximum atomic E-state index is 12.5. The van der Waals surface area contributed by atoms with Crippen LogP contribution in [0, 0.1) is 28.6 Å². The van der Waals surface area contributed by atoms with Crippen LogP contribution in [0.5, 0.6) is 0 Å². The number of hydrogen-bond acceptors (Lipinski definition) is 4. The van der Waals surface area contributed by atoms with Gasteiger partial charge in [0.15, 0.2) is 0 Å².